The number of aryl methyl sites for hydroxylation is 1. The Hall–Kier alpha value is -3.31. The summed E-state index contributed by atoms with van der Waals surface area (Å²) in [5.41, 5.74) is 2.84. The third-order valence-electron chi connectivity index (χ3n) is 3.90. The summed E-state index contributed by atoms with van der Waals surface area (Å²) in [6.07, 6.45) is 0. The molecule has 0 spiro atoms. The van der Waals surface area contributed by atoms with Crippen LogP contribution in [0.5, 0.6) is 5.75 Å². The predicted octanol–water partition coefficient (Wildman–Crippen LogP) is 4.92. The Kier molecular flexibility index (Phi) is 6.29. The Morgan fingerprint density at radius 2 is 1.57 bits per heavy atom. The third-order valence-corrected chi connectivity index (χ3v) is 4.21. The fourth-order valence-corrected chi connectivity index (χ4v) is 2.72. The van der Waals surface area contributed by atoms with Crippen molar-refractivity contribution >= 4 is 34.8 Å². The number of para-hydroxylation sites is 1. The predicted molar refractivity (Wildman–Crippen MR) is 111 cm³/mol. The van der Waals surface area contributed by atoms with Crippen LogP contribution in [-0.2, 0) is 4.79 Å². The molecule has 28 heavy (non-hydrogen) atoms. The van der Waals surface area contributed by atoms with E-state index in [1.807, 2.05) is 25.1 Å². The van der Waals surface area contributed by atoms with E-state index in [0.29, 0.717) is 27.7 Å². The SMILES string of the molecule is Cc1cccc(C(=O)Nc2ccc(NC(=O)COc3ccccc3Cl)cc2)c1. The molecule has 3 rings (SSSR count). The first-order valence-electron chi connectivity index (χ1n) is 8.66. The summed E-state index contributed by atoms with van der Waals surface area (Å²) in [4.78, 5) is 24.3. The van der Waals surface area contributed by atoms with Crippen LogP contribution < -0.4 is 15.4 Å². The van der Waals surface area contributed by atoms with Crippen molar-refractivity contribution < 1.29 is 14.3 Å². The second kappa shape index (κ2) is 9.06. The molecule has 0 saturated heterocycles. The van der Waals surface area contributed by atoms with Gasteiger partial charge in [-0.25, -0.2) is 0 Å². The van der Waals surface area contributed by atoms with Gasteiger partial charge in [-0.1, -0.05) is 41.4 Å². The van der Waals surface area contributed by atoms with E-state index in [1.165, 1.54) is 0 Å². The first-order chi connectivity index (χ1) is 13.5. The van der Waals surface area contributed by atoms with Gasteiger partial charge in [0.25, 0.3) is 11.8 Å². The van der Waals surface area contributed by atoms with Crippen molar-refractivity contribution in [1.82, 2.24) is 0 Å². The molecule has 0 saturated carbocycles. The molecule has 0 aliphatic rings. The van der Waals surface area contributed by atoms with E-state index in [-0.39, 0.29) is 18.4 Å². The Morgan fingerprint density at radius 1 is 0.893 bits per heavy atom. The van der Waals surface area contributed by atoms with Gasteiger partial charge >= 0.3 is 0 Å². The number of nitrogens with one attached hydrogen (secondary N) is 2. The summed E-state index contributed by atoms with van der Waals surface area (Å²) in [7, 11) is 0. The highest BCUT2D eigenvalue weighted by Crippen LogP contribution is 2.23. The molecule has 142 valence electrons. The lowest BCUT2D eigenvalue weighted by Crippen LogP contribution is -2.20. The molecule has 0 fully saturated rings. The number of carbonyl (C=O) groups is 2. The first kappa shape index (κ1) is 19.5. The normalized spacial score (nSPS) is 10.2. The molecular formula is C22H19ClN2O3. The lowest BCUT2D eigenvalue weighted by molar-refractivity contribution is -0.118. The number of amides is 2. The van der Waals surface area contributed by atoms with Gasteiger partial charge in [-0.2, -0.15) is 0 Å². The Balaban J connectivity index is 1.53. The van der Waals surface area contributed by atoms with Crippen LogP contribution in [0.2, 0.25) is 5.02 Å². The van der Waals surface area contributed by atoms with Crippen molar-refractivity contribution in [2.75, 3.05) is 17.2 Å². The number of halogens is 1. The van der Waals surface area contributed by atoms with E-state index in [4.69, 9.17) is 16.3 Å². The monoisotopic (exact) mass is 394 g/mol. The second-order valence-corrected chi connectivity index (χ2v) is 6.58. The van der Waals surface area contributed by atoms with Crippen molar-refractivity contribution in [3.8, 4) is 5.75 Å². The zero-order valence-electron chi connectivity index (χ0n) is 15.2. The summed E-state index contributed by atoms with van der Waals surface area (Å²) in [5, 5.41) is 6.01. The average Bonchev–Trinajstić information content (AvgIpc) is 2.69. The molecule has 3 aromatic carbocycles. The van der Waals surface area contributed by atoms with Crippen LogP contribution in [-0.4, -0.2) is 18.4 Å². The van der Waals surface area contributed by atoms with E-state index in [0.717, 1.165) is 5.56 Å². The summed E-state index contributed by atoms with van der Waals surface area (Å²) in [6.45, 7) is 1.78. The van der Waals surface area contributed by atoms with Crippen LogP contribution in [0.4, 0.5) is 11.4 Å². The van der Waals surface area contributed by atoms with Gasteiger partial charge in [0.15, 0.2) is 6.61 Å². The zero-order valence-corrected chi connectivity index (χ0v) is 16.0. The largest absolute Gasteiger partial charge is 0.482 e. The van der Waals surface area contributed by atoms with Gasteiger partial charge in [-0.15, -0.1) is 0 Å². The molecule has 0 atom stereocenters. The fraction of sp³-hybridized carbons (Fsp3) is 0.0909. The highest BCUT2D eigenvalue weighted by atomic mass is 35.5. The molecule has 2 amide bonds. The number of hydrogen-bond donors (Lipinski definition) is 2. The second-order valence-electron chi connectivity index (χ2n) is 6.17. The number of rotatable bonds is 6. The molecule has 0 aromatic heterocycles. The zero-order chi connectivity index (χ0) is 19.9. The molecule has 0 radical (unpaired) electrons. The molecule has 2 N–H and O–H groups in total. The van der Waals surface area contributed by atoms with Crippen molar-refractivity contribution in [2.24, 2.45) is 0 Å². The number of benzene rings is 3. The number of anilines is 2. The number of carbonyl (C=O) groups excluding carboxylic acids is 2. The van der Waals surface area contributed by atoms with Crippen molar-refractivity contribution in [2.45, 2.75) is 6.92 Å². The van der Waals surface area contributed by atoms with Crippen molar-refractivity contribution in [3.05, 3.63) is 88.9 Å². The van der Waals surface area contributed by atoms with Crippen molar-refractivity contribution in [1.29, 1.82) is 0 Å². The van der Waals surface area contributed by atoms with Crippen LogP contribution in [0.3, 0.4) is 0 Å². The first-order valence-corrected chi connectivity index (χ1v) is 9.04. The smallest absolute Gasteiger partial charge is 0.262 e. The molecule has 0 unspecified atom stereocenters. The summed E-state index contributed by atoms with van der Waals surface area (Å²) in [6, 6.07) is 21.2. The molecule has 0 aliphatic carbocycles. The number of ether oxygens (including phenoxy) is 1. The van der Waals surface area contributed by atoms with Gasteiger partial charge < -0.3 is 15.4 Å². The average molecular weight is 395 g/mol. The molecule has 0 aliphatic heterocycles. The van der Waals surface area contributed by atoms with E-state index in [9.17, 15) is 9.59 Å². The molecule has 0 heterocycles. The maximum absolute atomic E-state index is 12.3. The molecule has 0 bridgehead atoms. The van der Waals surface area contributed by atoms with E-state index in [1.54, 1.807) is 54.6 Å². The van der Waals surface area contributed by atoms with E-state index >= 15 is 0 Å². The Morgan fingerprint density at radius 3 is 2.25 bits per heavy atom. The summed E-state index contributed by atoms with van der Waals surface area (Å²) >= 11 is 5.99. The standard InChI is InChI=1S/C22H19ClN2O3/c1-15-5-4-6-16(13-15)22(27)25-18-11-9-17(10-12-18)24-21(26)14-28-20-8-3-2-7-19(20)23/h2-13H,14H2,1H3,(H,24,26)(H,25,27). The van der Waals surface area contributed by atoms with Gasteiger partial charge in [-0.3, -0.25) is 9.59 Å². The van der Waals surface area contributed by atoms with Crippen LogP contribution in [0.15, 0.2) is 72.8 Å². The van der Waals surface area contributed by atoms with E-state index < -0.39 is 0 Å². The van der Waals surface area contributed by atoms with Crippen LogP contribution in [0.25, 0.3) is 0 Å². The minimum absolute atomic E-state index is 0.157. The van der Waals surface area contributed by atoms with Gasteiger partial charge in [0.05, 0.1) is 5.02 Å². The quantitative estimate of drug-likeness (QED) is 0.623. The lowest BCUT2D eigenvalue weighted by atomic mass is 10.1. The highest BCUT2D eigenvalue weighted by Gasteiger charge is 2.08. The van der Waals surface area contributed by atoms with Crippen molar-refractivity contribution in [3.63, 3.8) is 0 Å². The van der Waals surface area contributed by atoms with Crippen LogP contribution in [0.1, 0.15) is 15.9 Å². The number of hydrogen-bond acceptors (Lipinski definition) is 3. The molecule has 5 nitrogen and oxygen atoms in total. The van der Waals surface area contributed by atoms with Gasteiger partial charge in [0.1, 0.15) is 5.75 Å². The lowest BCUT2D eigenvalue weighted by Gasteiger charge is -2.10. The third kappa shape index (κ3) is 5.34. The minimum Gasteiger partial charge on any atom is -0.482 e. The molecule has 3 aromatic rings. The molecule has 6 heteroatoms. The van der Waals surface area contributed by atoms with Crippen LogP contribution in [0, 0.1) is 6.92 Å². The summed E-state index contributed by atoms with van der Waals surface area (Å²) in [5.74, 6) is -0.0429. The highest BCUT2D eigenvalue weighted by molar-refractivity contribution is 6.32. The maximum atomic E-state index is 12.3. The minimum atomic E-state index is -0.309. The van der Waals surface area contributed by atoms with Gasteiger partial charge in [0, 0.05) is 16.9 Å². The maximum Gasteiger partial charge on any atom is 0.262 e. The van der Waals surface area contributed by atoms with Gasteiger partial charge in [-0.05, 0) is 55.5 Å². The summed E-state index contributed by atoms with van der Waals surface area (Å²) < 4.78 is 5.40. The topological polar surface area (TPSA) is 67.4 Å². The van der Waals surface area contributed by atoms with E-state index in [2.05, 4.69) is 10.6 Å². The Bertz CT molecular complexity index is 987. The molecular weight excluding hydrogens is 376 g/mol. The van der Waals surface area contributed by atoms with Crippen LogP contribution >= 0.6 is 11.6 Å². The Labute approximate surface area is 168 Å². The van der Waals surface area contributed by atoms with Gasteiger partial charge in [0.2, 0.25) is 0 Å². The fourth-order valence-electron chi connectivity index (χ4n) is 2.53.